The van der Waals surface area contributed by atoms with E-state index in [2.05, 4.69) is 15.9 Å². The van der Waals surface area contributed by atoms with Crippen molar-refractivity contribution < 1.29 is 14.3 Å². The second-order valence-corrected chi connectivity index (χ2v) is 5.37. The van der Waals surface area contributed by atoms with E-state index in [1.807, 2.05) is 36.2 Å². The first-order valence-electron chi connectivity index (χ1n) is 5.96. The lowest BCUT2D eigenvalue weighted by molar-refractivity contribution is 0.0692. The molecule has 2 aromatic carbocycles. The van der Waals surface area contributed by atoms with E-state index in [0.29, 0.717) is 12.2 Å². The van der Waals surface area contributed by atoms with Crippen molar-refractivity contribution in [3.63, 3.8) is 0 Å². The highest BCUT2D eigenvalue weighted by atomic mass is 79.9. The average Bonchev–Trinajstić information content (AvgIpc) is 2.40. The van der Waals surface area contributed by atoms with Gasteiger partial charge in [-0.05, 0) is 35.9 Å². The smallest absolute Gasteiger partial charge is 0.338 e. The Morgan fingerprint density at radius 1 is 1.25 bits per heavy atom. The lowest BCUT2D eigenvalue weighted by atomic mass is 10.1. The number of nitrogens with zero attached hydrogens (tertiary/aromatic N) is 1. The minimum absolute atomic E-state index is 0.314. The molecule has 0 aliphatic rings. The molecule has 0 aliphatic heterocycles. The molecule has 0 amide bonds. The molecule has 0 spiro atoms. The summed E-state index contributed by atoms with van der Waals surface area (Å²) in [6.45, 7) is 0.610. The van der Waals surface area contributed by atoms with E-state index >= 15 is 0 Å². The second kappa shape index (κ2) is 6.05. The van der Waals surface area contributed by atoms with E-state index < -0.39 is 11.8 Å². The van der Waals surface area contributed by atoms with Gasteiger partial charge >= 0.3 is 5.97 Å². The van der Waals surface area contributed by atoms with Crippen LogP contribution in [0.4, 0.5) is 10.1 Å². The second-order valence-electron chi connectivity index (χ2n) is 4.45. The van der Waals surface area contributed by atoms with Crippen LogP contribution in [0.2, 0.25) is 0 Å². The van der Waals surface area contributed by atoms with E-state index in [1.165, 1.54) is 12.1 Å². The minimum atomic E-state index is -1.26. The first kappa shape index (κ1) is 14.5. The van der Waals surface area contributed by atoms with Crippen molar-refractivity contribution >= 4 is 27.6 Å². The monoisotopic (exact) mass is 337 g/mol. The summed E-state index contributed by atoms with van der Waals surface area (Å²) in [5.74, 6) is -1.98. The van der Waals surface area contributed by atoms with Crippen molar-refractivity contribution in [3.8, 4) is 0 Å². The van der Waals surface area contributed by atoms with Gasteiger partial charge in [-0.3, -0.25) is 0 Å². The van der Waals surface area contributed by atoms with Gasteiger partial charge in [0.25, 0.3) is 0 Å². The van der Waals surface area contributed by atoms with Gasteiger partial charge in [0.05, 0.1) is 5.56 Å². The predicted octanol–water partition coefficient (Wildman–Crippen LogP) is 3.92. The number of hydrogen-bond donors (Lipinski definition) is 1. The van der Waals surface area contributed by atoms with Crippen LogP contribution in [0.1, 0.15) is 15.9 Å². The summed E-state index contributed by atoms with van der Waals surface area (Å²) >= 11 is 3.37. The molecule has 20 heavy (non-hydrogen) atoms. The summed E-state index contributed by atoms with van der Waals surface area (Å²) in [6, 6.07) is 12.0. The molecule has 0 saturated carbocycles. The van der Waals surface area contributed by atoms with Crippen LogP contribution in [0.15, 0.2) is 46.9 Å². The first-order chi connectivity index (χ1) is 9.47. The van der Waals surface area contributed by atoms with Crippen LogP contribution in [0, 0.1) is 5.82 Å². The number of carboxylic acids is 1. The van der Waals surface area contributed by atoms with Gasteiger partial charge in [-0.15, -0.1) is 0 Å². The quantitative estimate of drug-likeness (QED) is 0.919. The summed E-state index contributed by atoms with van der Waals surface area (Å²) < 4.78 is 14.6. The van der Waals surface area contributed by atoms with Crippen LogP contribution < -0.4 is 4.90 Å². The number of benzene rings is 2. The highest BCUT2D eigenvalue weighted by Gasteiger charge is 2.12. The third kappa shape index (κ3) is 3.36. The van der Waals surface area contributed by atoms with E-state index in [-0.39, 0.29) is 5.56 Å². The largest absolute Gasteiger partial charge is 0.478 e. The Hall–Kier alpha value is -1.88. The van der Waals surface area contributed by atoms with Crippen molar-refractivity contribution in [2.45, 2.75) is 6.54 Å². The third-order valence-electron chi connectivity index (χ3n) is 2.96. The molecule has 0 aromatic heterocycles. The minimum Gasteiger partial charge on any atom is -0.478 e. The molecule has 0 atom stereocenters. The maximum atomic E-state index is 13.6. The molecular formula is C15H13BrFNO2. The Balaban J connectivity index is 2.17. The van der Waals surface area contributed by atoms with Gasteiger partial charge in [0.2, 0.25) is 0 Å². The van der Waals surface area contributed by atoms with E-state index in [0.717, 1.165) is 10.0 Å². The fourth-order valence-corrected chi connectivity index (χ4v) is 2.13. The molecule has 5 heteroatoms. The third-order valence-corrected chi connectivity index (χ3v) is 3.49. The molecule has 0 heterocycles. The lowest BCUT2D eigenvalue weighted by Crippen LogP contribution is -2.17. The molecule has 1 N–H and O–H groups in total. The zero-order valence-electron chi connectivity index (χ0n) is 10.8. The Kier molecular flexibility index (Phi) is 4.39. The van der Waals surface area contributed by atoms with Gasteiger partial charge in [0.1, 0.15) is 5.82 Å². The molecule has 0 bridgehead atoms. The number of carbonyl (C=O) groups is 1. The highest BCUT2D eigenvalue weighted by molar-refractivity contribution is 9.10. The van der Waals surface area contributed by atoms with Crippen LogP contribution in [0.5, 0.6) is 0 Å². The number of hydrogen-bond acceptors (Lipinski definition) is 2. The van der Waals surface area contributed by atoms with Crippen molar-refractivity contribution in [1.82, 2.24) is 0 Å². The Morgan fingerprint density at radius 3 is 2.45 bits per heavy atom. The average molecular weight is 338 g/mol. The van der Waals surface area contributed by atoms with Crippen molar-refractivity contribution in [2.24, 2.45) is 0 Å². The highest BCUT2D eigenvalue weighted by Crippen LogP contribution is 2.20. The molecule has 0 aliphatic carbocycles. The molecule has 3 nitrogen and oxygen atoms in total. The Labute approximate surface area is 124 Å². The summed E-state index contributed by atoms with van der Waals surface area (Å²) in [5.41, 5.74) is 1.40. The zero-order valence-corrected chi connectivity index (χ0v) is 12.4. The fourth-order valence-electron chi connectivity index (χ4n) is 1.87. The number of rotatable bonds is 4. The molecule has 104 valence electrons. The summed E-state index contributed by atoms with van der Waals surface area (Å²) in [4.78, 5) is 12.6. The standard InChI is InChI=1S/C15H13BrFNO2/c1-18(9-10-2-4-11(16)5-3-10)12-6-7-13(15(19)20)14(17)8-12/h2-8H,9H2,1H3,(H,19,20). The molecule has 2 rings (SSSR count). The number of anilines is 1. The molecule has 0 radical (unpaired) electrons. The van der Waals surface area contributed by atoms with Crippen LogP contribution in [-0.2, 0) is 6.54 Å². The number of halogens is 2. The van der Waals surface area contributed by atoms with Gasteiger partial charge < -0.3 is 10.0 Å². The number of aromatic carboxylic acids is 1. The van der Waals surface area contributed by atoms with Crippen molar-refractivity contribution in [2.75, 3.05) is 11.9 Å². The van der Waals surface area contributed by atoms with Gasteiger partial charge in [0.15, 0.2) is 0 Å². The van der Waals surface area contributed by atoms with Gasteiger partial charge in [-0.1, -0.05) is 28.1 Å². The molecule has 0 saturated heterocycles. The maximum absolute atomic E-state index is 13.6. The molecule has 0 fully saturated rings. The predicted molar refractivity (Wildman–Crippen MR) is 79.6 cm³/mol. The molecular weight excluding hydrogens is 325 g/mol. The van der Waals surface area contributed by atoms with Crippen LogP contribution in [-0.4, -0.2) is 18.1 Å². The Bertz CT molecular complexity index is 628. The van der Waals surface area contributed by atoms with Gasteiger partial charge in [-0.25, -0.2) is 9.18 Å². The van der Waals surface area contributed by atoms with Crippen molar-refractivity contribution in [1.29, 1.82) is 0 Å². The van der Waals surface area contributed by atoms with E-state index in [9.17, 15) is 9.18 Å². The van der Waals surface area contributed by atoms with E-state index in [1.54, 1.807) is 6.07 Å². The van der Waals surface area contributed by atoms with Gasteiger partial charge in [-0.2, -0.15) is 0 Å². The number of carboxylic acid groups (broad SMARTS) is 1. The fraction of sp³-hybridized carbons (Fsp3) is 0.133. The summed E-state index contributed by atoms with van der Waals surface area (Å²) in [6.07, 6.45) is 0. The van der Waals surface area contributed by atoms with E-state index in [4.69, 9.17) is 5.11 Å². The van der Waals surface area contributed by atoms with Gasteiger partial charge in [0, 0.05) is 23.8 Å². The van der Waals surface area contributed by atoms with Crippen LogP contribution >= 0.6 is 15.9 Å². The first-order valence-corrected chi connectivity index (χ1v) is 6.75. The molecule has 0 unspecified atom stereocenters. The van der Waals surface area contributed by atoms with Crippen LogP contribution in [0.25, 0.3) is 0 Å². The topological polar surface area (TPSA) is 40.5 Å². The summed E-state index contributed by atoms with van der Waals surface area (Å²) in [7, 11) is 1.83. The zero-order chi connectivity index (χ0) is 14.7. The normalized spacial score (nSPS) is 10.3. The lowest BCUT2D eigenvalue weighted by Gasteiger charge is -2.20. The van der Waals surface area contributed by atoms with Crippen LogP contribution in [0.3, 0.4) is 0 Å². The maximum Gasteiger partial charge on any atom is 0.338 e. The molecule has 2 aromatic rings. The Morgan fingerprint density at radius 2 is 1.90 bits per heavy atom. The van der Waals surface area contributed by atoms with Crippen molar-refractivity contribution in [3.05, 3.63) is 63.9 Å². The SMILES string of the molecule is CN(Cc1ccc(Br)cc1)c1ccc(C(=O)O)c(F)c1. The summed E-state index contributed by atoms with van der Waals surface area (Å²) in [5, 5.41) is 8.80.